The Bertz CT molecular complexity index is 507. The van der Waals surface area contributed by atoms with Crippen LogP contribution in [0.2, 0.25) is 0 Å². The van der Waals surface area contributed by atoms with Crippen LogP contribution >= 0.6 is 0 Å². The molecule has 2 aliphatic rings. The van der Waals surface area contributed by atoms with Gasteiger partial charge in [0.05, 0.1) is 6.10 Å². The van der Waals surface area contributed by atoms with Crippen LogP contribution in [0.1, 0.15) is 33.6 Å². The molecular formula is C15H25N5O. The van der Waals surface area contributed by atoms with Gasteiger partial charge in [-0.2, -0.15) is 4.98 Å². The summed E-state index contributed by atoms with van der Waals surface area (Å²) >= 11 is 0. The number of piperazine rings is 1. The summed E-state index contributed by atoms with van der Waals surface area (Å²) in [7, 11) is 0. The molecule has 2 aliphatic heterocycles. The largest absolute Gasteiger partial charge is 0.473 e. The molecule has 0 aromatic carbocycles. The smallest absolute Gasteiger partial charge is 0.242 e. The van der Waals surface area contributed by atoms with Gasteiger partial charge in [-0.15, -0.1) is 0 Å². The molecule has 2 saturated heterocycles. The number of fused-ring (bicyclic) bond motifs is 1. The second-order valence-corrected chi connectivity index (χ2v) is 6.38. The van der Waals surface area contributed by atoms with Gasteiger partial charge in [0.2, 0.25) is 5.88 Å². The van der Waals surface area contributed by atoms with Crippen molar-refractivity contribution in [1.82, 2.24) is 14.9 Å². The number of hydrogen-bond donors (Lipinski definition) is 1. The third-order valence-corrected chi connectivity index (χ3v) is 4.38. The van der Waals surface area contributed by atoms with Crippen molar-refractivity contribution in [2.24, 2.45) is 0 Å². The van der Waals surface area contributed by atoms with Crippen molar-refractivity contribution in [3.63, 3.8) is 0 Å². The summed E-state index contributed by atoms with van der Waals surface area (Å²) in [5.74, 6) is 1.32. The zero-order valence-electron chi connectivity index (χ0n) is 13.1. The highest BCUT2D eigenvalue weighted by Crippen LogP contribution is 2.33. The molecule has 2 fully saturated rings. The molecule has 0 radical (unpaired) electrons. The standard InChI is InChI=1S/C15H25N5O/c1-10(2)21-15-13(16)14(17-9-18-15)20-8-12-5-4-6-19(12)7-11(20)3/h9-12H,4-8,16H2,1-3H3. The molecule has 0 saturated carbocycles. The maximum Gasteiger partial charge on any atom is 0.242 e. The van der Waals surface area contributed by atoms with Crippen molar-refractivity contribution < 1.29 is 4.74 Å². The van der Waals surface area contributed by atoms with Gasteiger partial charge in [0, 0.05) is 25.2 Å². The molecule has 0 spiro atoms. The SMILES string of the molecule is CC(C)Oc1ncnc(N2CC3CCCN3CC2C)c1N. The molecule has 21 heavy (non-hydrogen) atoms. The average molecular weight is 291 g/mol. The van der Waals surface area contributed by atoms with E-state index in [1.54, 1.807) is 6.33 Å². The van der Waals surface area contributed by atoms with Crippen molar-refractivity contribution in [1.29, 1.82) is 0 Å². The van der Waals surface area contributed by atoms with Crippen molar-refractivity contribution in [3.05, 3.63) is 6.33 Å². The van der Waals surface area contributed by atoms with Crippen LogP contribution < -0.4 is 15.4 Å². The quantitative estimate of drug-likeness (QED) is 0.910. The lowest BCUT2D eigenvalue weighted by atomic mass is 10.1. The van der Waals surface area contributed by atoms with Gasteiger partial charge in [0.25, 0.3) is 0 Å². The molecule has 1 aromatic rings. The molecule has 0 amide bonds. The number of nitrogens with zero attached hydrogens (tertiary/aromatic N) is 4. The summed E-state index contributed by atoms with van der Waals surface area (Å²) in [6.07, 6.45) is 4.17. The number of anilines is 2. The fraction of sp³-hybridized carbons (Fsp3) is 0.733. The van der Waals surface area contributed by atoms with Gasteiger partial charge in [-0.25, -0.2) is 4.98 Å². The second kappa shape index (κ2) is 5.67. The van der Waals surface area contributed by atoms with Crippen molar-refractivity contribution >= 4 is 11.5 Å². The number of rotatable bonds is 3. The van der Waals surface area contributed by atoms with E-state index in [2.05, 4.69) is 26.7 Å². The highest BCUT2D eigenvalue weighted by atomic mass is 16.5. The Morgan fingerprint density at radius 1 is 1.33 bits per heavy atom. The molecular weight excluding hydrogens is 266 g/mol. The summed E-state index contributed by atoms with van der Waals surface area (Å²) in [6.45, 7) is 9.48. The molecule has 2 unspecified atom stereocenters. The monoisotopic (exact) mass is 291 g/mol. The Morgan fingerprint density at radius 2 is 2.14 bits per heavy atom. The Hall–Kier alpha value is -1.56. The number of aromatic nitrogens is 2. The van der Waals surface area contributed by atoms with Crippen molar-refractivity contribution in [3.8, 4) is 5.88 Å². The normalized spacial score (nSPS) is 26.2. The van der Waals surface area contributed by atoms with Gasteiger partial charge < -0.3 is 15.4 Å². The van der Waals surface area contributed by atoms with Crippen molar-refractivity contribution in [2.45, 2.75) is 51.8 Å². The summed E-state index contributed by atoms with van der Waals surface area (Å²) in [5.41, 5.74) is 6.82. The molecule has 3 rings (SSSR count). The maximum absolute atomic E-state index is 6.26. The van der Waals surface area contributed by atoms with Crippen molar-refractivity contribution in [2.75, 3.05) is 30.3 Å². The highest BCUT2D eigenvalue weighted by molar-refractivity contribution is 5.68. The first-order valence-corrected chi connectivity index (χ1v) is 7.84. The van der Waals surface area contributed by atoms with Gasteiger partial charge in [0.15, 0.2) is 5.82 Å². The first-order valence-electron chi connectivity index (χ1n) is 7.84. The van der Waals surface area contributed by atoms with E-state index in [9.17, 15) is 0 Å². The van der Waals surface area contributed by atoms with E-state index in [-0.39, 0.29) is 6.10 Å². The zero-order chi connectivity index (χ0) is 15.0. The minimum atomic E-state index is 0.0548. The van der Waals surface area contributed by atoms with Crippen LogP contribution in [0.5, 0.6) is 5.88 Å². The minimum absolute atomic E-state index is 0.0548. The molecule has 2 atom stereocenters. The lowest BCUT2D eigenvalue weighted by Gasteiger charge is -2.43. The van der Waals surface area contributed by atoms with Crippen LogP contribution in [0.3, 0.4) is 0 Å². The van der Waals surface area contributed by atoms with Crippen LogP contribution in [0.15, 0.2) is 6.33 Å². The molecule has 3 heterocycles. The summed E-state index contributed by atoms with van der Waals surface area (Å²) in [4.78, 5) is 13.5. The number of hydrogen-bond acceptors (Lipinski definition) is 6. The van der Waals surface area contributed by atoms with E-state index in [0.29, 0.717) is 23.7 Å². The average Bonchev–Trinajstić information content (AvgIpc) is 2.87. The molecule has 6 heteroatoms. The molecule has 2 N–H and O–H groups in total. The minimum Gasteiger partial charge on any atom is -0.473 e. The van der Waals surface area contributed by atoms with Crippen LogP contribution in [-0.2, 0) is 0 Å². The Kier molecular flexibility index (Phi) is 3.89. The number of ether oxygens (including phenoxy) is 1. The Morgan fingerprint density at radius 3 is 2.90 bits per heavy atom. The third-order valence-electron chi connectivity index (χ3n) is 4.38. The lowest BCUT2D eigenvalue weighted by Crippen LogP contribution is -2.55. The van der Waals surface area contributed by atoms with Gasteiger partial charge in [0.1, 0.15) is 12.0 Å². The third kappa shape index (κ3) is 2.77. The van der Waals surface area contributed by atoms with Gasteiger partial charge in [-0.05, 0) is 40.2 Å². The van der Waals surface area contributed by atoms with E-state index in [4.69, 9.17) is 10.5 Å². The molecule has 0 bridgehead atoms. The maximum atomic E-state index is 6.26. The number of nitrogens with two attached hydrogens (primary N) is 1. The second-order valence-electron chi connectivity index (χ2n) is 6.38. The summed E-state index contributed by atoms with van der Waals surface area (Å²) < 4.78 is 5.69. The van der Waals surface area contributed by atoms with Crippen LogP contribution in [0, 0.1) is 0 Å². The first-order chi connectivity index (χ1) is 10.1. The Balaban J connectivity index is 1.85. The predicted molar refractivity (Wildman–Crippen MR) is 83.6 cm³/mol. The molecule has 1 aromatic heterocycles. The first kappa shape index (κ1) is 14.4. The van der Waals surface area contributed by atoms with E-state index in [1.807, 2.05) is 13.8 Å². The lowest BCUT2D eigenvalue weighted by molar-refractivity contribution is 0.202. The van der Waals surface area contributed by atoms with Gasteiger partial charge in [-0.1, -0.05) is 0 Å². The summed E-state index contributed by atoms with van der Waals surface area (Å²) in [6, 6.07) is 1.04. The zero-order valence-corrected chi connectivity index (χ0v) is 13.1. The van der Waals surface area contributed by atoms with E-state index < -0.39 is 0 Å². The highest BCUT2D eigenvalue weighted by Gasteiger charge is 2.36. The molecule has 6 nitrogen and oxygen atoms in total. The molecule has 116 valence electrons. The number of nitrogen functional groups attached to an aromatic ring is 1. The topological polar surface area (TPSA) is 67.5 Å². The molecule has 0 aliphatic carbocycles. The van der Waals surface area contributed by atoms with Crippen LogP contribution in [-0.4, -0.2) is 52.7 Å². The van der Waals surface area contributed by atoms with Gasteiger partial charge in [-0.3, -0.25) is 4.90 Å². The predicted octanol–water partition coefficient (Wildman–Crippen LogP) is 1.52. The Labute approximate surface area is 126 Å². The summed E-state index contributed by atoms with van der Waals surface area (Å²) in [5, 5.41) is 0. The van der Waals surface area contributed by atoms with Crippen LogP contribution in [0.4, 0.5) is 11.5 Å². The van der Waals surface area contributed by atoms with E-state index in [1.165, 1.54) is 19.4 Å². The van der Waals surface area contributed by atoms with Gasteiger partial charge >= 0.3 is 0 Å². The fourth-order valence-corrected chi connectivity index (χ4v) is 3.40. The van der Waals surface area contributed by atoms with E-state index in [0.717, 1.165) is 18.9 Å². The van der Waals surface area contributed by atoms with Crippen LogP contribution in [0.25, 0.3) is 0 Å². The fourth-order valence-electron chi connectivity index (χ4n) is 3.40. The van der Waals surface area contributed by atoms with E-state index >= 15 is 0 Å².